The first-order valence-corrected chi connectivity index (χ1v) is 9.48. The maximum absolute atomic E-state index is 12.0. The fourth-order valence-corrected chi connectivity index (χ4v) is 3.86. The highest BCUT2D eigenvalue weighted by molar-refractivity contribution is 6.02. The summed E-state index contributed by atoms with van der Waals surface area (Å²) < 4.78 is 1.74. The molecule has 1 aromatic carbocycles. The van der Waals surface area contributed by atoms with Crippen LogP contribution in [-0.4, -0.2) is 32.3 Å². The molecule has 4 rings (SSSR count). The van der Waals surface area contributed by atoms with Gasteiger partial charge in [-0.05, 0) is 56.4 Å². The number of rotatable bonds is 4. The van der Waals surface area contributed by atoms with Crippen molar-refractivity contribution < 1.29 is 9.90 Å². The van der Waals surface area contributed by atoms with Crippen LogP contribution in [0, 0.1) is 0 Å². The van der Waals surface area contributed by atoms with E-state index in [1.807, 2.05) is 43.5 Å². The number of nitrogens with zero attached hydrogens (tertiary/aromatic N) is 2. The lowest BCUT2D eigenvalue weighted by Crippen LogP contribution is -2.36. The number of fused-ring (bicyclic) bond motifs is 1. The van der Waals surface area contributed by atoms with Crippen LogP contribution in [0.4, 0.5) is 11.4 Å². The van der Waals surface area contributed by atoms with Crippen LogP contribution in [0.1, 0.15) is 43.0 Å². The summed E-state index contributed by atoms with van der Waals surface area (Å²) in [5.41, 5.74) is 15.4. The highest BCUT2D eigenvalue weighted by atomic mass is 16.3. The van der Waals surface area contributed by atoms with Crippen molar-refractivity contribution in [1.82, 2.24) is 9.61 Å². The molecule has 146 valence electrons. The van der Waals surface area contributed by atoms with E-state index in [-0.39, 0.29) is 6.04 Å². The van der Waals surface area contributed by atoms with E-state index in [2.05, 4.69) is 10.4 Å². The molecule has 0 unspecified atom stereocenters. The van der Waals surface area contributed by atoms with E-state index >= 15 is 0 Å². The predicted molar refractivity (Wildman–Crippen MR) is 110 cm³/mol. The van der Waals surface area contributed by atoms with E-state index in [4.69, 9.17) is 11.5 Å². The number of carbonyl (C=O) groups excluding carboxylic acids is 1. The van der Waals surface area contributed by atoms with E-state index in [0.717, 1.165) is 29.5 Å². The second kappa shape index (κ2) is 6.83. The number of nitrogen functional groups attached to an aromatic ring is 1. The van der Waals surface area contributed by atoms with E-state index in [9.17, 15) is 9.90 Å². The molecule has 1 amide bonds. The molecule has 0 bridgehead atoms. The number of aromatic nitrogens is 2. The van der Waals surface area contributed by atoms with Gasteiger partial charge in [0.15, 0.2) is 0 Å². The minimum Gasteiger partial charge on any atom is -0.399 e. The van der Waals surface area contributed by atoms with E-state index in [1.165, 1.54) is 6.20 Å². The first-order chi connectivity index (χ1) is 13.3. The molecule has 1 saturated carbocycles. The zero-order valence-electron chi connectivity index (χ0n) is 15.9. The number of amides is 1. The molecule has 7 heteroatoms. The number of hydrogen-bond donors (Lipinski definition) is 4. The van der Waals surface area contributed by atoms with Crippen LogP contribution in [0.25, 0.3) is 16.6 Å². The molecular formula is C21H25N5O2. The Balaban J connectivity index is 1.74. The first-order valence-electron chi connectivity index (χ1n) is 9.48. The molecule has 0 aliphatic heterocycles. The third-order valence-corrected chi connectivity index (χ3v) is 5.53. The van der Waals surface area contributed by atoms with Gasteiger partial charge in [-0.25, -0.2) is 4.52 Å². The second-order valence-electron chi connectivity index (χ2n) is 7.90. The minimum atomic E-state index is -0.617. The van der Waals surface area contributed by atoms with Crippen LogP contribution in [-0.2, 0) is 0 Å². The zero-order valence-corrected chi connectivity index (χ0v) is 15.9. The Morgan fingerprint density at radius 2 is 2.04 bits per heavy atom. The topological polar surface area (TPSA) is 119 Å². The molecule has 0 saturated heterocycles. The van der Waals surface area contributed by atoms with E-state index in [0.29, 0.717) is 29.8 Å². The standard InChI is InChI=1S/C21H25N5O2/c1-21(28)7-5-16(6-8-21)25-19-17(20(23)27)11-24-26-12-14(10-18(19)26)13-3-2-4-15(22)9-13/h2-4,9-12,16,25,28H,5-8,22H2,1H3,(H2,23,27). The highest BCUT2D eigenvalue weighted by Crippen LogP contribution is 2.33. The van der Waals surface area contributed by atoms with Crippen LogP contribution in [0.3, 0.4) is 0 Å². The average Bonchev–Trinajstić information content (AvgIpc) is 3.08. The van der Waals surface area contributed by atoms with Crippen molar-refractivity contribution in [2.75, 3.05) is 11.1 Å². The van der Waals surface area contributed by atoms with Crippen molar-refractivity contribution in [3.63, 3.8) is 0 Å². The Kier molecular flexibility index (Phi) is 4.47. The normalized spacial score (nSPS) is 22.3. The number of hydrogen-bond acceptors (Lipinski definition) is 5. The van der Waals surface area contributed by atoms with Crippen molar-refractivity contribution in [3.8, 4) is 11.1 Å². The lowest BCUT2D eigenvalue weighted by molar-refractivity contribution is 0.0196. The summed E-state index contributed by atoms with van der Waals surface area (Å²) in [5, 5.41) is 18.0. The molecule has 2 aromatic heterocycles. The highest BCUT2D eigenvalue weighted by Gasteiger charge is 2.29. The molecule has 2 heterocycles. The molecule has 1 aliphatic rings. The lowest BCUT2D eigenvalue weighted by Gasteiger charge is -2.34. The molecule has 1 fully saturated rings. The van der Waals surface area contributed by atoms with Crippen molar-refractivity contribution in [1.29, 1.82) is 0 Å². The van der Waals surface area contributed by atoms with Gasteiger partial charge in [0, 0.05) is 23.5 Å². The lowest BCUT2D eigenvalue weighted by atomic mass is 9.83. The SMILES string of the molecule is CC1(O)CCC(Nc2c(C(N)=O)cnn3cc(-c4cccc(N)c4)cc23)CC1. The van der Waals surface area contributed by atoms with Crippen molar-refractivity contribution in [2.24, 2.45) is 5.73 Å². The molecule has 0 radical (unpaired) electrons. The monoisotopic (exact) mass is 379 g/mol. The quantitative estimate of drug-likeness (QED) is 0.520. The summed E-state index contributed by atoms with van der Waals surface area (Å²) >= 11 is 0. The van der Waals surface area contributed by atoms with Gasteiger partial charge in [0.25, 0.3) is 5.91 Å². The van der Waals surface area contributed by atoms with Crippen LogP contribution in [0.5, 0.6) is 0 Å². The zero-order chi connectivity index (χ0) is 19.9. The summed E-state index contributed by atoms with van der Waals surface area (Å²) in [6.45, 7) is 1.87. The van der Waals surface area contributed by atoms with Gasteiger partial charge in [-0.1, -0.05) is 12.1 Å². The Morgan fingerprint density at radius 3 is 2.71 bits per heavy atom. The van der Waals surface area contributed by atoms with Crippen molar-refractivity contribution in [2.45, 2.75) is 44.2 Å². The van der Waals surface area contributed by atoms with Gasteiger partial charge in [0.2, 0.25) is 0 Å². The smallest absolute Gasteiger partial charge is 0.252 e. The third-order valence-electron chi connectivity index (χ3n) is 5.53. The molecule has 0 atom stereocenters. The minimum absolute atomic E-state index is 0.162. The van der Waals surface area contributed by atoms with Gasteiger partial charge in [0.1, 0.15) is 0 Å². The first kappa shape index (κ1) is 18.3. The largest absolute Gasteiger partial charge is 0.399 e. The summed E-state index contributed by atoms with van der Waals surface area (Å²) in [5.74, 6) is -0.521. The maximum Gasteiger partial charge on any atom is 0.252 e. The Morgan fingerprint density at radius 1 is 1.29 bits per heavy atom. The van der Waals surface area contributed by atoms with Crippen molar-refractivity contribution >= 4 is 22.8 Å². The summed E-state index contributed by atoms with van der Waals surface area (Å²) in [6, 6.07) is 9.78. The molecule has 3 aromatic rings. The van der Waals surface area contributed by atoms with Gasteiger partial charge in [0.05, 0.1) is 28.6 Å². The summed E-state index contributed by atoms with van der Waals surface area (Å²) in [6.07, 6.45) is 6.48. The number of anilines is 2. The molecule has 28 heavy (non-hydrogen) atoms. The van der Waals surface area contributed by atoms with Crippen LogP contribution >= 0.6 is 0 Å². The van der Waals surface area contributed by atoms with Gasteiger partial charge in [-0.15, -0.1) is 0 Å². The molecular weight excluding hydrogens is 354 g/mol. The third kappa shape index (κ3) is 3.53. The van der Waals surface area contributed by atoms with E-state index < -0.39 is 11.5 Å². The van der Waals surface area contributed by atoms with Crippen molar-refractivity contribution in [3.05, 3.63) is 48.3 Å². The maximum atomic E-state index is 12.0. The van der Waals surface area contributed by atoms with Crippen LogP contribution < -0.4 is 16.8 Å². The Bertz CT molecular complexity index is 1030. The summed E-state index contributed by atoms with van der Waals surface area (Å²) in [4.78, 5) is 12.0. The second-order valence-corrected chi connectivity index (χ2v) is 7.90. The molecule has 7 nitrogen and oxygen atoms in total. The number of nitrogens with one attached hydrogen (secondary N) is 1. The number of primary amides is 1. The fraction of sp³-hybridized carbons (Fsp3) is 0.333. The van der Waals surface area contributed by atoms with Gasteiger partial charge in [-0.2, -0.15) is 5.10 Å². The van der Waals surface area contributed by atoms with E-state index in [1.54, 1.807) is 4.52 Å². The molecule has 6 N–H and O–H groups in total. The fourth-order valence-electron chi connectivity index (χ4n) is 3.86. The number of nitrogens with two attached hydrogens (primary N) is 2. The predicted octanol–water partition coefficient (Wildman–Crippen LogP) is 2.79. The number of benzene rings is 1. The Hall–Kier alpha value is -3.06. The Labute approximate surface area is 163 Å². The molecule has 1 aliphatic carbocycles. The van der Waals surface area contributed by atoms with Gasteiger partial charge >= 0.3 is 0 Å². The van der Waals surface area contributed by atoms with Gasteiger partial charge < -0.3 is 21.9 Å². The molecule has 0 spiro atoms. The average molecular weight is 379 g/mol. The van der Waals surface area contributed by atoms with Crippen LogP contribution in [0.15, 0.2) is 42.7 Å². The number of aliphatic hydroxyl groups is 1. The summed E-state index contributed by atoms with van der Waals surface area (Å²) in [7, 11) is 0. The van der Waals surface area contributed by atoms with Crippen LogP contribution in [0.2, 0.25) is 0 Å². The number of carbonyl (C=O) groups is 1. The van der Waals surface area contributed by atoms with Gasteiger partial charge in [-0.3, -0.25) is 4.79 Å².